The van der Waals surface area contributed by atoms with Gasteiger partial charge in [0.1, 0.15) is 6.10 Å². The third-order valence-electron chi connectivity index (χ3n) is 3.01. The Bertz CT molecular complexity index is 682. The fourth-order valence-corrected chi connectivity index (χ4v) is 1.93. The first-order valence-corrected chi connectivity index (χ1v) is 6.78. The van der Waals surface area contributed by atoms with E-state index in [2.05, 4.69) is 10.3 Å². The first-order chi connectivity index (χ1) is 9.95. The van der Waals surface area contributed by atoms with Gasteiger partial charge < -0.3 is 10.1 Å². The van der Waals surface area contributed by atoms with Gasteiger partial charge in [0, 0.05) is 18.0 Å². The van der Waals surface area contributed by atoms with E-state index in [9.17, 15) is 9.59 Å². The zero-order chi connectivity index (χ0) is 15.4. The van der Waals surface area contributed by atoms with Crippen LogP contribution in [0.3, 0.4) is 0 Å². The number of ether oxygens (including phenoxy) is 1. The Morgan fingerprint density at radius 2 is 2.05 bits per heavy atom. The predicted octanol–water partition coefficient (Wildman–Crippen LogP) is 2.22. The number of aromatic nitrogens is 1. The zero-order valence-corrected chi connectivity index (χ0v) is 12.3. The van der Waals surface area contributed by atoms with Crippen LogP contribution in [0, 0.1) is 6.92 Å². The van der Waals surface area contributed by atoms with Gasteiger partial charge in [0.15, 0.2) is 0 Å². The highest BCUT2D eigenvalue weighted by atomic mass is 16.5. The molecule has 1 aromatic heterocycles. The van der Waals surface area contributed by atoms with Crippen LogP contribution in [0.25, 0.3) is 10.9 Å². The Hall–Kier alpha value is -2.43. The molecule has 0 aliphatic heterocycles. The molecular weight excluding hydrogens is 268 g/mol. The molecule has 5 heteroatoms. The molecule has 21 heavy (non-hydrogen) atoms. The number of aryl methyl sites for hydroxylation is 1. The minimum Gasteiger partial charge on any atom is -0.457 e. The number of pyridine rings is 1. The van der Waals surface area contributed by atoms with E-state index in [0.29, 0.717) is 12.1 Å². The minimum atomic E-state index is -0.407. The summed E-state index contributed by atoms with van der Waals surface area (Å²) in [5, 5.41) is 3.50. The summed E-state index contributed by atoms with van der Waals surface area (Å²) in [5.41, 5.74) is 2.25. The third kappa shape index (κ3) is 4.02. The van der Waals surface area contributed by atoms with Crippen LogP contribution in [0.1, 0.15) is 29.9 Å². The minimum absolute atomic E-state index is 0.148. The molecule has 0 saturated heterocycles. The molecule has 1 heterocycles. The number of carbonyl (C=O) groups excluding carboxylic acids is 2. The Morgan fingerprint density at radius 3 is 2.76 bits per heavy atom. The van der Waals surface area contributed by atoms with Gasteiger partial charge in [-0.3, -0.25) is 9.78 Å². The number of amides is 1. The lowest BCUT2D eigenvalue weighted by molar-refractivity contribution is -0.119. The highest BCUT2D eigenvalue weighted by molar-refractivity contribution is 5.94. The second-order valence-corrected chi connectivity index (χ2v) is 5.01. The fourth-order valence-electron chi connectivity index (χ4n) is 1.93. The third-order valence-corrected chi connectivity index (χ3v) is 3.01. The second-order valence-electron chi connectivity index (χ2n) is 5.01. The van der Waals surface area contributed by atoms with Gasteiger partial charge in [0.25, 0.3) is 0 Å². The number of hydrogen-bond acceptors (Lipinski definition) is 4. The molecule has 1 N–H and O–H groups in total. The van der Waals surface area contributed by atoms with E-state index in [1.807, 2.05) is 19.1 Å². The maximum atomic E-state index is 12.1. The molecular formula is C16H18N2O3. The average Bonchev–Trinajstić information content (AvgIpc) is 2.44. The lowest BCUT2D eigenvalue weighted by atomic mass is 10.1. The maximum Gasteiger partial charge on any atom is 0.338 e. The highest BCUT2D eigenvalue weighted by Crippen LogP contribution is 2.16. The molecule has 0 aliphatic carbocycles. The van der Waals surface area contributed by atoms with Gasteiger partial charge in [-0.1, -0.05) is 6.07 Å². The van der Waals surface area contributed by atoms with Crippen LogP contribution in [-0.2, 0) is 9.53 Å². The van der Waals surface area contributed by atoms with Crippen molar-refractivity contribution >= 4 is 22.8 Å². The van der Waals surface area contributed by atoms with E-state index in [4.69, 9.17) is 4.74 Å². The Morgan fingerprint density at radius 1 is 1.29 bits per heavy atom. The summed E-state index contributed by atoms with van der Waals surface area (Å²) in [7, 11) is 0. The number of rotatable bonds is 4. The van der Waals surface area contributed by atoms with Crippen LogP contribution in [0.15, 0.2) is 30.3 Å². The number of esters is 1. The standard InChI is InChI=1S/C16H18N2O3/c1-10-4-5-13-8-14(6-7-15(13)18-10)16(20)21-11(2)9-17-12(3)19/h4-8,11H,9H2,1-3H3,(H,17,19). The molecule has 1 atom stereocenters. The van der Waals surface area contributed by atoms with E-state index in [-0.39, 0.29) is 12.0 Å². The topological polar surface area (TPSA) is 68.3 Å². The van der Waals surface area contributed by atoms with Gasteiger partial charge in [-0.05, 0) is 38.1 Å². The van der Waals surface area contributed by atoms with E-state index in [1.54, 1.807) is 25.1 Å². The first kappa shape index (κ1) is 15.0. The summed E-state index contributed by atoms with van der Waals surface area (Å²) < 4.78 is 5.29. The van der Waals surface area contributed by atoms with Gasteiger partial charge in [-0.15, -0.1) is 0 Å². The average molecular weight is 286 g/mol. The first-order valence-electron chi connectivity index (χ1n) is 6.78. The van der Waals surface area contributed by atoms with Crippen LogP contribution in [0.4, 0.5) is 0 Å². The molecule has 1 unspecified atom stereocenters. The van der Waals surface area contributed by atoms with E-state index < -0.39 is 5.97 Å². The SMILES string of the molecule is CC(=O)NCC(C)OC(=O)c1ccc2nc(C)ccc2c1. The maximum absolute atomic E-state index is 12.1. The summed E-state index contributed by atoms with van der Waals surface area (Å²) in [6.07, 6.45) is -0.381. The van der Waals surface area contributed by atoms with Gasteiger partial charge in [-0.2, -0.15) is 0 Å². The summed E-state index contributed by atoms with van der Waals surface area (Å²) in [6, 6.07) is 9.08. The molecule has 5 nitrogen and oxygen atoms in total. The molecule has 0 radical (unpaired) electrons. The van der Waals surface area contributed by atoms with Crippen molar-refractivity contribution in [3.05, 3.63) is 41.6 Å². The van der Waals surface area contributed by atoms with Crippen molar-refractivity contribution in [2.24, 2.45) is 0 Å². The number of nitrogens with zero attached hydrogens (tertiary/aromatic N) is 1. The zero-order valence-electron chi connectivity index (χ0n) is 12.3. The van der Waals surface area contributed by atoms with Crippen molar-refractivity contribution in [2.45, 2.75) is 26.9 Å². The summed E-state index contributed by atoms with van der Waals surface area (Å²) in [5.74, 6) is -0.555. The molecule has 0 saturated carbocycles. The van der Waals surface area contributed by atoms with E-state index in [0.717, 1.165) is 16.6 Å². The van der Waals surface area contributed by atoms with Crippen LogP contribution in [0.2, 0.25) is 0 Å². The Kier molecular flexibility index (Phi) is 4.52. The molecule has 0 fully saturated rings. The van der Waals surface area contributed by atoms with Crippen molar-refractivity contribution in [2.75, 3.05) is 6.54 Å². The van der Waals surface area contributed by atoms with Crippen LogP contribution in [-0.4, -0.2) is 29.5 Å². The molecule has 0 spiro atoms. The Balaban J connectivity index is 2.08. The van der Waals surface area contributed by atoms with Crippen molar-refractivity contribution in [3.63, 3.8) is 0 Å². The molecule has 110 valence electrons. The number of nitrogens with one attached hydrogen (secondary N) is 1. The van der Waals surface area contributed by atoms with Gasteiger partial charge >= 0.3 is 5.97 Å². The number of hydrogen-bond donors (Lipinski definition) is 1. The van der Waals surface area contributed by atoms with Gasteiger partial charge in [0.05, 0.1) is 17.6 Å². The number of benzene rings is 1. The quantitative estimate of drug-likeness (QED) is 0.875. The van der Waals surface area contributed by atoms with E-state index in [1.165, 1.54) is 6.92 Å². The largest absolute Gasteiger partial charge is 0.457 e. The monoisotopic (exact) mass is 286 g/mol. The Labute approximate surface area is 123 Å². The van der Waals surface area contributed by atoms with Crippen molar-refractivity contribution in [1.82, 2.24) is 10.3 Å². The van der Waals surface area contributed by atoms with Crippen molar-refractivity contribution in [1.29, 1.82) is 0 Å². The molecule has 1 aromatic carbocycles. The molecule has 2 rings (SSSR count). The van der Waals surface area contributed by atoms with E-state index >= 15 is 0 Å². The second kappa shape index (κ2) is 6.35. The molecule has 2 aromatic rings. The highest BCUT2D eigenvalue weighted by Gasteiger charge is 2.13. The normalized spacial score (nSPS) is 12.0. The van der Waals surface area contributed by atoms with Crippen LogP contribution in [0.5, 0.6) is 0 Å². The smallest absolute Gasteiger partial charge is 0.338 e. The van der Waals surface area contributed by atoms with Crippen LogP contribution < -0.4 is 5.32 Å². The van der Waals surface area contributed by atoms with Crippen molar-refractivity contribution < 1.29 is 14.3 Å². The molecule has 0 aliphatic rings. The number of fused-ring (bicyclic) bond motifs is 1. The van der Waals surface area contributed by atoms with Gasteiger partial charge in [0.2, 0.25) is 5.91 Å². The van der Waals surface area contributed by atoms with Gasteiger partial charge in [-0.25, -0.2) is 4.79 Å². The molecule has 1 amide bonds. The fraction of sp³-hybridized carbons (Fsp3) is 0.312. The van der Waals surface area contributed by atoms with Crippen LogP contribution >= 0.6 is 0 Å². The lowest BCUT2D eigenvalue weighted by Crippen LogP contribution is -2.31. The molecule has 0 bridgehead atoms. The summed E-state index contributed by atoms with van der Waals surface area (Å²) in [6.45, 7) is 5.38. The number of carbonyl (C=O) groups is 2. The summed E-state index contributed by atoms with van der Waals surface area (Å²) >= 11 is 0. The predicted molar refractivity (Wildman–Crippen MR) is 80.0 cm³/mol. The lowest BCUT2D eigenvalue weighted by Gasteiger charge is -2.13. The van der Waals surface area contributed by atoms with Crippen molar-refractivity contribution in [3.8, 4) is 0 Å². The summed E-state index contributed by atoms with van der Waals surface area (Å²) in [4.78, 5) is 27.3.